The van der Waals surface area contributed by atoms with E-state index in [2.05, 4.69) is 36.7 Å². The maximum Gasteiger partial charge on any atom is 0.0587 e. The predicted molar refractivity (Wildman–Crippen MR) is 75.7 cm³/mol. The zero-order valence-corrected chi connectivity index (χ0v) is 12.1. The Hall–Kier alpha value is -0.380. The lowest BCUT2D eigenvalue weighted by molar-refractivity contribution is 0.197. The molecule has 98 valence electrons. The quantitative estimate of drug-likeness (QED) is 0.684. The monoisotopic (exact) mass is 255 g/mol. The van der Waals surface area contributed by atoms with E-state index in [-0.39, 0.29) is 0 Å². The Bertz CT molecular complexity index is 272. The lowest BCUT2D eigenvalue weighted by Crippen LogP contribution is -2.28. The highest BCUT2D eigenvalue weighted by Crippen LogP contribution is 2.19. The molecule has 0 radical (unpaired) electrons. The van der Waals surface area contributed by atoms with Crippen LogP contribution in [0.15, 0.2) is 17.5 Å². The molecule has 0 fully saturated rings. The highest BCUT2D eigenvalue weighted by molar-refractivity contribution is 7.09. The van der Waals surface area contributed by atoms with Gasteiger partial charge in [0.1, 0.15) is 0 Å². The Morgan fingerprint density at radius 1 is 1.41 bits per heavy atom. The molecule has 1 heterocycles. The first-order valence-electron chi connectivity index (χ1n) is 6.44. The van der Waals surface area contributed by atoms with Crippen LogP contribution in [0.25, 0.3) is 0 Å². The minimum absolute atomic E-state index is 0.741. The summed E-state index contributed by atoms with van der Waals surface area (Å²) in [5.74, 6) is 1.51. The number of nitrogens with one attached hydrogen (secondary N) is 1. The number of hydrogen-bond acceptors (Lipinski definition) is 3. The number of rotatable bonds is 9. The summed E-state index contributed by atoms with van der Waals surface area (Å²) < 4.78 is 5.05. The highest BCUT2D eigenvalue weighted by atomic mass is 32.1. The maximum absolute atomic E-state index is 5.05. The Morgan fingerprint density at radius 2 is 2.24 bits per heavy atom. The maximum atomic E-state index is 5.05. The van der Waals surface area contributed by atoms with E-state index >= 15 is 0 Å². The van der Waals surface area contributed by atoms with Crippen LogP contribution in [0.4, 0.5) is 0 Å². The number of ether oxygens (including phenoxy) is 1. The fourth-order valence-corrected chi connectivity index (χ4v) is 2.92. The Labute approximate surface area is 109 Å². The molecular weight excluding hydrogens is 230 g/mol. The lowest BCUT2D eigenvalue weighted by Gasteiger charge is -2.19. The van der Waals surface area contributed by atoms with Crippen LogP contribution >= 0.6 is 11.3 Å². The molecule has 1 N–H and O–H groups in total. The molecule has 0 aliphatic heterocycles. The summed E-state index contributed by atoms with van der Waals surface area (Å²) in [6, 6.07) is 4.39. The van der Waals surface area contributed by atoms with Crippen LogP contribution in [0.1, 0.15) is 25.1 Å². The van der Waals surface area contributed by atoms with E-state index in [1.54, 1.807) is 7.11 Å². The zero-order valence-electron chi connectivity index (χ0n) is 11.2. The van der Waals surface area contributed by atoms with Gasteiger partial charge in [0.05, 0.1) is 6.61 Å². The van der Waals surface area contributed by atoms with Crippen molar-refractivity contribution in [1.29, 1.82) is 0 Å². The summed E-state index contributed by atoms with van der Waals surface area (Å²) >= 11 is 1.87. The van der Waals surface area contributed by atoms with Crippen LogP contribution in [0.5, 0.6) is 0 Å². The number of methoxy groups -OCH3 is 1. The molecule has 1 unspecified atom stereocenters. The topological polar surface area (TPSA) is 21.3 Å². The average Bonchev–Trinajstić information content (AvgIpc) is 2.76. The van der Waals surface area contributed by atoms with Gasteiger partial charge in [-0.2, -0.15) is 0 Å². The number of thiophene rings is 1. The molecule has 17 heavy (non-hydrogen) atoms. The molecule has 0 amide bonds. The molecule has 3 heteroatoms. The van der Waals surface area contributed by atoms with E-state index in [0.29, 0.717) is 0 Å². The van der Waals surface area contributed by atoms with Gasteiger partial charge in [-0.1, -0.05) is 19.9 Å². The van der Waals surface area contributed by atoms with Gasteiger partial charge < -0.3 is 10.1 Å². The second-order valence-electron chi connectivity index (χ2n) is 4.98. The van der Waals surface area contributed by atoms with Crippen molar-refractivity contribution in [2.24, 2.45) is 11.8 Å². The lowest BCUT2D eigenvalue weighted by atomic mass is 9.93. The molecule has 1 aromatic rings. The Balaban J connectivity index is 2.32. The van der Waals surface area contributed by atoms with Crippen molar-refractivity contribution in [3.8, 4) is 0 Å². The van der Waals surface area contributed by atoms with Crippen molar-refractivity contribution in [2.45, 2.75) is 26.7 Å². The van der Waals surface area contributed by atoms with Crippen molar-refractivity contribution in [1.82, 2.24) is 5.32 Å². The molecular formula is C14H25NOS. The van der Waals surface area contributed by atoms with Gasteiger partial charge in [-0.05, 0) is 42.7 Å². The predicted octanol–water partition coefficient (Wildman–Crippen LogP) is 3.19. The summed E-state index contributed by atoms with van der Waals surface area (Å²) in [6.07, 6.45) is 2.49. The fraction of sp³-hybridized carbons (Fsp3) is 0.714. The standard InChI is InChI=1S/C14H25NOS/c1-12(2)9-13(11-15-6-7-16-3)10-14-5-4-8-17-14/h4-5,8,12-13,15H,6-7,9-11H2,1-3H3. The molecule has 0 bridgehead atoms. The largest absolute Gasteiger partial charge is 0.383 e. The summed E-state index contributed by atoms with van der Waals surface area (Å²) in [4.78, 5) is 1.50. The normalized spacial score (nSPS) is 13.2. The van der Waals surface area contributed by atoms with Crippen LogP contribution in [-0.2, 0) is 11.2 Å². The van der Waals surface area contributed by atoms with Crippen molar-refractivity contribution < 1.29 is 4.74 Å². The smallest absolute Gasteiger partial charge is 0.0587 e. The molecule has 2 nitrogen and oxygen atoms in total. The number of hydrogen-bond donors (Lipinski definition) is 1. The second kappa shape index (κ2) is 8.67. The van der Waals surface area contributed by atoms with E-state index in [0.717, 1.165) is 31.5 Å². The third-order valence-electron chi connectivity index (χ3n) is 2.79. The molecule has 0 aromatic carbocycles. The van der Waals surface area contributed by atoms with Gasteiger partial charge in [0, 0.05) is 18.5 Å². The summed E-state index contributed by atoms with van der Waals surface area (Å²) in [6.45, 7) is 7.45. The zero-order chi connectivity index (χ0) is 12.5. The molecule has 0 saturated carbocycles. The third-order valence-corrected chi connectivity index (χ3v) is 3.69. The van der Waals surface area contributed by atoms with Gasteiger partial charge in [0.15, 0.2) is 0 Å². The van der Waals surface area contributed by atoms with Crippen LogP contribution in [0.3, 0.4) is 0 Å². The van der Waals surface area contributed by atoms with Gasteiger partial charge in [-0.25, -0.2) is 0 Å². The molecule has 0 spiro atoms. The van der Waals surface area contributed by atoms with Gasteiger partial charge in [0.25, 0.3) is 0 Å². The highest BCUT2D eigenvalue weighted by Gasteiger charge is 2.12. The van der Waals surface area contributed by atoms with Crippen molar-refractivity contribution >= 4 is 11.3 Å². The second-order valence-corrected chi connectivity index (χ2v) is 6.01. The minimum atomic E-state index is 0.741. The average molecular weight is 255 g/mol. The molecule has 0 aliphatic rings. The van der Waals surface area contributed by atoms with Crippen LogP contribution in [0.2, 0.25) is 0 Å². The fourth-order valence-electron chi connectivity index (χ4n) is 2.10. The van der Waals surface area contributed by atoms with E-state index in [1.807, 2.05) is 11.3 Å². The molecule has 1 atom stereocenters. The van der Waals surface area contributed by atoms with Crippen LogP contribution in [0, 0.1) is 11.8 Å². The van der Waals surface area contributed by atoms with Gasteiger partial charge in [-0.15, -0.1) is 11.3 Å². The van der Waals surface area contributed by atoms with E-state index < -0.39 is 0 Å². The van der Waals surface area contributed by atoms with E-state index in [9.17, 15) is 0 Å². The summed E-state index contributed by atoms with van der Waals surface area (Å²) in [7, 11) is 1.75. The molecule has 0 aliphatic carbocycles. The third kappa shape index (κ3) is 6.81. The first kappa shape index (κ1) is 14.7. The van der Waals surface area contributed by atoms with Crippen LogP contribution in [-0.4, -0.2) is 26.8 Å². The van der Waals surface area contributed by atoms with Gasteiger partial charge >= 0.3 is 0 Å². The first-order chi connectivity index (χ1) is 8.22. The van der Waals surface area contributed by atoms with Gasteiger partial charge in [0.2, 0.25) is 0 Å². The van der Waals surface area contributed by atoms with Gasteiger partial charge in [-0.3, -0.25) is 0 Å². The molecule has 1 aromatic heterocycles. The summed E-state index contributed by atoms with van der Waals surface area (Å²) in [5, 5.41) is 5.65. The van der Waals surface area contributed by atoms with E-state index in [4.69, 9.17) is 4.74 Å². The first-order valence-corrected chi connectivity index (χ1v) is 7.32. The van der Waals surface area contributed by atoms with Crippen molar-refractivity contribution in [3.05, 3.63) is 22.4 Å². The summed E-state index contributed by atoms with van der Waals surface area (Å²) in [5.41, 5.74) is 0. The van der Waals surface area contributed by atoms with E-state index in [1.165, 1.54) is 17.7 Å². The van der Waals surface area contributed by atoms with Crippen molar-refractivity contribution in [2.75, 3.05) is 26.8 Å². The SMILES string of the molecule is COCCNCC(Cc1cccs1)CC(C)C. The minimum Gasteiger partial charge on any atom is -0.383 e. The Kier molecular flexibility index (Phi) is 7.49. The van der Waals surface area contributed by atoms with Crippen LogP contribution < -0.4 is 5.32 Å². The van der Waals surface area contributed by atoms with Crippen molar-refractivity contribution in [3.63, 3.8) is 0 Å². The molecule has 0 saturated heterocycles. The Morgan fingerprint density at radius 3 is 2.82 bits per heavy atom. The molecule has 1 rings (SSSR count).